The third-order valence-electron chi connectivity index (χ3n) is 4.60. The van der Waals surface area contributed by atoms with Crippen molar-refractivity contribution in [1.82, 2.24) is 10.2 Å². The number of anilines is 1. The quantitative estimate of drug-likeness (QED) is 0.767. The molecular weight excluding hydrogens is 366 g/mol. The van der Waals surface area contributed by atoms with Crippen molar-refractivity contribution in [3.63, 3.8) is 0 Å². The highest BCUT2D eigenvalue weighted by atomic mass is 35.5. The predicted octanol–water partition coefficient (Wildman–Crippen LogP) is 4.42. The molecular formula is C20H20ClN3OS. The molecule has 0 saturated carbocycles. The van der Waals surface area contributed by atoms with Gasteiger partial charge in [-0.05, 0) is 55.4 Å². The van der Waals surface area contributed by atoms with E-state index in [1.165, 1.54) is 0 Å². The smallest absolute Gasteiger partial charge is 0.255 e. The first-order chi connectivity index (χ1) is 12.4. The second-order valence-electron chi connectivity index (χ2n) is 6.26. The molecule has 2 N–H and O–H groups in total. The van der Waals surface area contributed by atoms with Gasteiger partial charge >= 0.3 is 0 Å². The molecule has 0 aliphatic carbocycles. The maximum atomic E-state index is 13.1. The monoisotopic (exact) mass is 385 g/mol. The number of benzene rings is 2. The lowest BCUT2D eigenvalue weighted by Crippen LogP contribution is -2.46. The van der Waals surface area contributed by atoms with Gasteiger partial charge in [-0.2, -0.15) is 0 Å². The molecule has 0 radical (unpaired) electrons. The van der Waals surface area contributed by atoms with Gasteiger partial charge < -0.3 is 15.5 Å². The Morgan fingerprint density at radius 2 is 1.81 bits per heavy atom. The summed E-state index contributed by atoms with van der Waals surface area (Å²) in [5.41, 5.74) is 4.18. The van der Waals surface area contributed by atoms with Crippen LogP contribution < -0.4 is 10.6 Å². The van der Waals surface area contributed by atoms with E-state index in [1.807, 2.05) is 74.3 Å². The summed E-state index contributed by atoms with van der Waals surface area (Å²) in [6, 6.07) is 14.8. The average molecular weight is 386 g/mol. The summed E-state index contributed by atoms with van der Waals surface area (Å²) in [5, 5.41) is 7.51. The van der Waals surface area contributed by atoms with E-state index in [0.29, 0.717) is 15.7 Å². The zero-order valence-electron chi connectivity index (χ0n) is 14.8. The third-order valence-corrected chi connectivity index (χ3v) is 5.24. The summed E-state index contributed by atoms with van der Waals surface area (Å²) in [6.45, 7) is 3.87. The van der Waals surface area contributed by atoms with Crippen molar-refractivity contribution >= 4 is 40.5 Å². The number of hydrogen-bond acceptors (Lipinski definition) is 2. The largest absolute Gasteiger partial charge is 0.351 e. The predicted molar refractivity (Wildman–Crippen MR) is 110 cm³/mol. The van der Waals surface area contributed by atoms with Gasteiger partial charge in [0.05, 0.1) is 11.6 Å². The fourth-order valence-corrected chi connectivity index (χ4v) is 3.32. The fourth-order valence-electron chi connectivity index (χ4n) is 2.94. The molecule has 2 aromatic rings. The van der Waals surface area contributed by atoms with Gasteiger partial charge in [-0.3, -0.25) is 4.79 Å². The highest BCUT2D eigenvalue weighted by molar-refractivity contribution is 7.80. The SMILES string of the molecule is CC1=C(C(=O)Nc2ccccc2C)[C@H](c2ccc(Cl)cc2)NC(=S)N1C. The van der Waals surface area contributed by atoms with Gasteiger partial charge in [-0.25, -0.2) is 0 Å². The number of nitrogens with one attached hydrogen (secondary N) is 2. The Morgan fingerprint density at radius 3 is 2.46 bits per heavy atom. The molecule has 1 atom stereocenters. The normalized spacial score (nSPS) is 17.2. The van der Waals surface area contributed by atoms with Crippen LogP contribution in [-0.2, 0) is 4.79 Å². The molecule has 1 amide bonds. The summed E-state index contributed by atoms with van der Waals surface area (Å²) in [7, 11) is 1.85. The summed E-state index contributed by atoms with van der Waals surface area (Å²) in [4.78, 5) is 14.9. The van der Waals surface area contributed by atoms with Crippen molar-refractivity contribution in [2.24, 2.45) is 0 Å². The van der Waals surface area contributed by atoms with Crippen LogP contribution in [0.15, 0.2) is 59.8 Å². The van der Waals surface area contributed by atoms with Crippen LogP contribution in [0.5, 0.6) is 0 Å². The third kappa shape index (κ3) is 3.59. The Kier molecular flexibility index (Phi) is 5.30. The second kappa shape index (κ2) is 7.48. The van der Waals surface area contributed by atoms with Gasteiger partial charge in [0.25, 0.3) is 5.91 Å². The van der Waals surface area contributed by atoms with Gasteiger partial charge in [-0.1, -0.05) is 41.9 Å². The van der Waals surface area contributed by atoms with Crippen molar-refractivity contribution in [3.8, 4) is 0 Å². The van der Waals surface area contributed by atoms with E-state index in [2.05, 4.69) is 10.6 Å². The molecule has 1 aliphatic rings. The van der Waals surface area contributed by atoms with Crippen LogP contribution in [0.3, 0.4) is 0 Å². The lowest BCUT2D eigenvalue weighted by molar-refractivity contribution is -0.113. The number of rotatable bonds is 3. The van der Waals surface area contributed by atoms with Gasteiger partial charge in [-0.15, -0.1) is 0 Å². The van der Waals surface area contributed by atoms with Crippen LogP contribution in [0.4, 0.5) is 5.69 Å². The Bertz CT molecular complexity index is 892. The molecule has 6 heteroatoms. The molecule has 2 aromatic carbocycles. The van der Waals surface area contributed by atoms with Gasteiger partial charge in [0.15, 0.2) is 5.11 Å². The number of nitrogens with zero attached hydrogens (tertiary/aromatic N) is 1. The summed E-state index contributed by atoms with van der Waals surface area (Å²) >= 11 is 11.4. The summed E-state index contributed by atoms with van der Waals surface area (Å²) in [5.74, 6) is -0.154. The fraction of sp³-hybridized carbons (Fsp3) is 0.200. The Balaban J connectivity index is 2.01. The van der Waals surface area contributed by atoms with E-state index in [4.69, 9.17) is 23.8 Å². The average Bonchev–Trinajstić information content (AvgIpc) is 2.62. The molecule has 0 unspecified atom stereocenters. The first-order valence-corrected chi connectivity index (χ1v) is 9.04. The number of halogens is 1. The Labute approximate surface area is 163 Å². The van der Waals surface area contributed by atoms with Crippen molar-refractivity contribution in [3.05, 3.63) is 76.0 Å². The van der Waals surface area contributed by atoms with E-state index in [1.54, 1.807) is 0 Å². The number of thiocarbonyl (C=S) groups is 1. The number of aryl methyl sites for hydroxylation is 1. The highest BCUT2D eigenvalue weighted by Crippen LogP contribution is 2.31. The highest BCUT2D eigenvalue weighted by Gasteiger charge is 2.32. The zero-order chi connectivity index (χ0) is 18.8. The van der Waals surface area contributed by atoms with Gasteiger partial charge in [0.1, 0.15) is 0 Å². The maximum absolute atomic E-state index is 13.1. The van der Waals surface area contributed by atoms with Gasteiger partial charge in [0.2, 0.25) is 0 Å². The van der Waals surface area contributed by atoms with E-state index >= 15 is 0 Å². The number of amides is 1. The number of carbonyl (C=O) groups excluding carboxylic acids is 1. The molecule has 0 fully saturated rings. The molecule has 134 valence electrons. The molecule has 26 heavy (non-hydrogen) atoms. The van der Waals surface area contributed by atoms with Crippen molar-refractivity contribution < 1.29 is 4.79 Å². The molecule has 3 rings (SSSR count). The molecule has 4 nitrogen and oxygen atoms in total. The van der Waals surface area contributed by atoms with Crippen molar-refractivity contribution in [1.29, 1.82) is 0 Å². The van der Waals surface area contributed by atoms with Crippen molar-refractivity contribution in [2.75, 3.05) is 12.4 Å². The lowest BCUT2D eigenvalue weighted by atomic mass is 9.94. The van der Waals surface area contributed by atoms with Crippen LogP contribution in [0.25, 0.3) is 0 Å². The molecule has 0 bridgehead atoms. The van der Waals surface area contributed by atoms with E-state index in [0.717, 1.165) is 22.5 Å². The number of carbonyl (C=O) groups is 1. The van der Waals surface area contributed by atoms with Crippen LogP contribution in [-0.4, -0.2) is 23.0 Å². The number of hydrogen-bond donors (Lipinski definition) is 2. The molecule has 1 heterocycles. The zero-order valence-corrected chi connectivity index (χ0v) is 16.4. The number of allylic oxidation sites excluding steroid dienone is 1. The Morgan fingerprint density at radius 1 is 1.15 bits per heavy atom. The molecule has 0 saturated heterocycles. The van der Waals surface area contributed by atoms with Crippen LogP contribution in [0, 0.1) is 6.92 Å². The van der Waals surface area contributed by atoms with Crippen LogP contribution in [0.2, 0.25) is 5.02 Å². The van der Waals surface area contributed by atoms with Crippen molar-refractivity contribution in [2.45, 2.75) is 19.9 Å². The van der Waals surface area contributed by atoms with E-state index < -0.39 is 0 Å². The summed E-state index contributed by atoms with van der Waals surface area (Å²) in [6.07, 6.45) is 0. The second-order valence-corrected chi connectivity index (χ2v) is 7.08. The topological polar surface area (TPSA) is 44.4 Å². The standard InChI is InChI=1S/C20H20ClN3OS/c1-12-6-4-5-7-16(12)22-19(25)17-13(2)24(3)20(26)23-18(17)14-8-10-15(21)11-9-14/h4-11,18H,1-3H3,(H,22,25)(H,23,26)/t18-/m0/s1. The minimum absolute atomic E-state index is 0.154. The van der Waals surface area contributed by atoms with Crippen LogP contribution >= 0.6 is 23.8 Å². The maximum Gasteiger partial charge on any atom is 0.255 e. The lowest BCUT2D eigenvalue weighted by Gasteiger charge is -2.35. The first-order valence-electron chi connectivity index (χ1n) is 8.26. The summed E-state index contributed by atoms with van der Waals surface area (Å²) < 4.78 is 0. The minimum Gasteiger partial charge on any atom is -0.351 e. The Hall–Kier alpha value is -2.37. The molecule has 1 aliphatic heterocycles. The van der Waals surface area contributed by atoms with E-state index in [9.17, 15) is 4.79 Å². The minimum atomic E-state index is -0.333. The molecule has 0 aromatic heterocycles. The first kappa shape index (κ1) is 18.4. The van der Waals surface area contributed by atoms with Gasteiger partial charge in [0, 0.05) is 23.5 Å². The molecule has 0 spiro atoms. The van der Waals surface area contributed by atoms with Crippen LogP contribution in [0.1, 0.15) is 24.1 Å². The number of para-hydroxylation sites is 1. The van der Waals surface area contributed by atoms with E-state index in [-0.39, 0.29) is 11.9 Å².